The van der Waals surface area contributed by atoms with E-state index in [2.05, 4.69) is 9.71 Å². The third-order valence-electron chi connectivity index (χ3n) is 4.17. The van der Waals surface area contributed by atoms with Gasteiger partial charge < -0.3 is 0 Å². The normalized spacial score (nSPS) is 16.4. The van der Waals surface area contributed by atoms with Crippen molar-refractivity contribution in [1.29, 1.82) is 0 Å². The molecule has 1 aliphatic carbocycles. The summed E-state index contributed by atoms with van der Waals surface area (Å²) in [4.78, 5) is 3.86. The highest BCUT2D eigenvalue weighted by Gasteiger charge is 2.22. The van der Waals surface area contributed by atoms with Gasteiger partial charge in [0.15, 0.2) is 0 Å². The van der Waals surface area contributed by atoms with Gasteiger partial charge in [-0.1, -0.05) is 25.3 Å². The number of nitrogens with zero attached hydrogens (tertiary/aromatic N) is 1. The molecule has 1 aromatic heterocycles. The van der Waals surface area contributed by atoms with E-state index in [4.69, 9.17) is 0 Å². The van der Waals surface area contributed by atoms with Gasteiger partial charge in [-0.05, 0) is 42.7 Å². The van der Waals surface area contributed by atoms with E-state index in [-0.39, 0.29) is 10.9 Å². The van der Waals surface area contributed by atoms with Crippen molar-refractivity contribution in [2.75, 3.05) is 0 Å². The van der Waals surface area contributed by atoms with Gasteiger partial charge in [0, 0.05) is 24.0 Å². The molecule has 0 saturated heterocycles. The molecule has 1 heterocycles. The number of halogens is 1. The third kappa shape index (κ3) is 3.76. The molecule has 0 bridgehead atoms. The van der Waals surface area contributed by atoms with E-state index in [1.807, 2.05) is 0 Å². The van der Waals surface area contributed by atoms with Crippen LogP contribution < -0.4 is 4.72 Å². The number of pyridine rings is 1. The largest absolute Gasteiger partial charge is 0.265 e. The first-order valence-corrected chi connectivity index (χ1v) is 9.27. The first-order chi connectivity index (χ1) is 11.1. The fourth-order valence-corrected chi connectivity index (χ4v) is 4.25. The zero-order valence-electron chi connectivity index (χ0n) is 12.7. The van der Waals surface area contributed by atoms with Crippen molar-refractivity contribution in [3.63, 3.8) is 0 Å². The topological polar surface area (TPSA) is 59.1 Å². The van der Waals surface area contributed by atoms with Crippen LogP contribution in [0.4, 0.5) is 4.39 Å². The number of sulfonamides is 1. The SMILES string of the molecule is O=S(=O)(NC1CCCCC1)c1ccc(-c2ccncc2)c(F)c1. The van der Waals surface area contributed by atoms with Crippen LogP contribution in [0.5, 0.6) is 0 Å². The Kier molecular flexibility index (Phi) is 4.73. The maximum Gasteiger partial charge on any atom is 0.240 e. The summed E-state index contributed by atoms with van der Waals surface area (Å²) in [5.74, 6) is -0.553. The van der Waals surface area contributed by atoms with E-state index in [9.17, 15) is 12.8 Å². The molecule has 0 unspecified atom stereocenters. The van der Waals surface area contributed by atoms with Gasteiger partial charge in [-0.15, -0.1) is 0 Å². The molecule has 2 aromatic rings. The van der Waals surface area contributed by atoms with Gasteiger partial charge in [0.25, 0.3) is 0 Å². The van der Waals surface area contributed by atoms with Gasteiger partial charge in [-0.2, -0.15) is 0 Å². The predicted octanol–water partition coefficient (Wildman–Crippen LogP) is 3.50. The van der Waals surface area contributed by atoms with Crippen molar-refractivity contribution >= 4 is 10.0 Å². The number of benzene rings is 1. The summed E-state index contributed by atoms with van der Waals surface area (Å²) in [6, 6.07) is 7.36. The minimum atomic E-state index is -3.68. The molecule has 1 saturated carbocycles. The molecule has 23 heavy (non-hydrogen) atoms. The van der Waals surface area contributed by atoms with Crippen LogP contribution in [-0.2, 0) is 10.0 Å². The van der Waals surface area contributed by atoms with Crippen molar-refractivity contribution in [3.8, 4) is 11.1 Å². The van der Waals surface area contributed by atoms with Gasteiger partial charge in [0.2, 0.25) is 10.0 Å². The highest BCUT2D eigenvalue weighted by Crippen LogP contribution is 2.25. The Morgan fingerprint density at radius 2 is 1.74 bits per heavy atom. The second-order valence-corrected chi connectivity index (χ2v) is 7.55. The van der Waals surface area contributed by atoms with E-state index in [0.717, 1.165) is 38.2 Å². The molecular weight excluding hydrogens is 315 g/mol. The lowest BCUT2D eigenvalue weighted by molar-refractivity contribution is 0.412. The van der Waals surface area contributed by atoms with Crippen molar-refractivity contribution in [3.05, 3.63) is 48.5 Å². The van der Waals surface area contributed by atoms with Gasteiger partial charge >= 0.3 is 0 Å². The lowest BCUT2D eigenvalue weighted by Gasteiger charge is -2.22. The number of nitrogens with one attached hydrogen (secondary N) is 1. The maximum absolute atomic E-state index is 14.3. The minimum absolute atomic E-state index is 0.0293. The summed E-state index contributed by atoms with van der Waals surface area (Å²) in [6.07, 6.45) is 8.04. The van der Waals surface area contributed by atoms with Crippen LogP contribution in [0.25, 0.3) is 11.1 Å². The molecule has 0 aliphatic heterocycles. The molecular formula is C17H19FN2O2S. The summed E-state index contributed by atoms with van der Waals surface area (Å²) in [7, 11) is -3.68. The molecule has 0 atom stereocenters. The second-order valence-electron chi connectivity index (χ2n) is 5.83. The molecule has 122 valence electrons. The lowest BCUT2D eigenvalue weighted by Crippen LogP contribution is -2.36. The standard InChI is InChI=1S/C17H19FN2O2S/c18-17-12-15(6-7-16(17)13-8-10-19-11-9-13)23(21,22)20-14-4-2-1-3-5-14/h6-12,14,20H,1-5H2. The van der Waals surface area contributed by atoms with Crippen LogP contribution in [0.2, 0.25) is 0 Å². The van der Waals surface area contributed by atoms with Crippen molar-refractivity contribution in [2.24, 2.45) is 0 Å². The maximum atomic E-state index is 14.3. The summed E-state index contributed by atoms with van der Waals surface area (Å²) in [6.45, 7) is 0. The van der Waals surface area contributed by atoms with Crippen molar-refractivity contribution in [2.45, 2.75) is 43.0 Å². The number of hydrogen-bond donors (Lipinski definition) is 1. The Bertz CT molecular complexity index is 772. The smallest absolute Gasteiger partial charge is 0.240 e. The second kappa shape index (κ2) is 6.76. The first-order valence-electron chi connectivity index (χ1n) is 7.78. The lowest BCUT2D eigenvalue weighted by atomic mass is 9.96. The van der Waals surface area contributed by atoms with Crippen LogP contribution in [0.15, 0.2) is 47.6 Å². The monoisotopic (exact) mass is 334 g/mol. The van der Waals surface area contributed by atoms with Crippen molar-refractivity contribution < 1.29 is 12.8 Å². The predicted molar refractivity (Wildman–Crippen MR) is 86.8 cm³/mol. The summed E-state index contributed by atoms with van der Waals surface area (Å²) < 4.78 is 41.9. The number of rotatable bonds is 4. The average molecular weight is 334 g/mol. The summed E-state index contributed by atoms with van der Waals surface area (Å²) >= 11 is 0. The van der Waals surface area contributed by atoms with E-state index in [1.54, 1.807) is 24.5 Å². The van der Waals surface area contributed by atoms with E-state index < -0.39 is 15.8 Å². The van der Waals surface area contributed by atoms with E-state index in [0.29, 0.717) is 11.1 Å². The Labute approximate surface area is 135 Å². The molecule has 0 spiro atoms. The molecule has 0 radical (unpaired) electrons. The molecule has 1 aliphatic rings. The van der Waals surface area contributed by atoms with Crippen LogP contribution in [0, 0.1) is 5.82 Å². The van der Waals surface area contributed by atoms with Gasteiger partial charge in [0.1, 0.15) is 5.82 Å². The first kappa shape index (κ1) is 16.1. The molecule has 4 nitrogen and oxygen atoms in total. The Balaban J connectivity index is 1.84. The van der Waals surface area contributed by atoms with E-state index >= 15 is 0 Å². The third-order valence-corrected chi connectivity index (χ3v) is 5.69. The van der Waals surface area contributed by atoms with E-state index in [1.165, 1.54) is 12.1 Å². The van der Waals surface area contributed by atoms with Crippen LogP contribution in [0.1, 0.15) is 32.1 Å². The van der Waals surface area contributed by atoms with Gasteiger partial charge in [0.05, 0.1) is 4.90 Å². The highest BCUT2D eigenvalue weighted by molar-refractivity contribution is 7.89. The molecule has 1 aromatic carbocycles. The highest BCUT2D eigenvalue weighted by atomic mass is 32.2. The van der Waals surface area contributed by atoms with Gasteiger partial charge in [-0.3, -0.25) is 4.98 Å². The number of aromatic nitrogens is 1. The summed E-state index contributed by atoms with van der Waals surface area (Å²) in [5.41, 5.74) is 1.03. The molecule has 1 N–H and O–H groups in total. The fourth-order valence-electron chi connectivity index (χ4n) is 2.94. The Morgan fingerprint density at radius 3 is 2.39 bits per heavy atom. The Morgan fingerprint density at radius 1 is 1.04 bits per heavy atom. The van der Waals surface area contributed by atoms with Crippen LogP contribution in [0.3, 0.4) is 0 Å². The zero-order chi connectivity index (χ0) is 16.3. The molecule has 0 amide bonds. The molecule has 3 rings (SSSR count). The van der Waals surface area contributed by atoms with Crippen molar-refractivity contribution in [1.82, 2.24) is 9.71 Å². The van der Waals surface area contributed by atoms with Crippen LogP contribution in [-0.4, -0.2) is 19.4 Å². The Hall–Kier alpha value is -1.79. The quantitative estimate of drug-likeness (QED) is 0.931. The van der Waals surface area contributed by atoms with Gasteiger partial charge in [-0.25, -0.2) is 17.5 Å². The minimum Gasteiger partial charge on any atom is -0.265 e. The summed E-state index contributed by atoms with van der Waals surface area (Å²) in [5, 5.41) is 0. The number of hydrogen-bond acceptors (Lipinski definition) is 3. The zero-order valence-corrected chi connectivity index (χ0v) is 13.5. The average Bonchev–Trinajstić information content (AvgIpc) is 2.56. The molecule has 1 fully saturated rings. The van der Waals surface area contributed by atoms with Crippen LogP contribution >= 0.6 is 0 Å². The molecule has 6 heteroatoms. The fraction of sp³-hybridized carbons (Fsp3) is 0.353.